The summed E-state index contributed by atoms with van der Waals surface area (Å²) in [4.78, 5) is 39.2. The van der Waals surface area contributed by atoms with Crippen LogP contribution < -0.4 is 4.90 Å². The lowest BCUT2D eigenvalue weighted by Gasteiger charge is -2.29. The molecule has 0 aliphatic heterocycles. The van der Waals surface area contributed by atoms with Gasteiger partial charge in [0.2, 0.25) is 0 Å². The number of carbonyl (C=O) groups is 3. The predicted octanol–water partition coefficient (Wildman–Crippen LogP) is 5.54. The first kappa shape index (κ1) is 25.1. The molecule has 0 aliphatic rings. The molecule has 0 saturated heterocycles. The van der Waals surface area contributed by atoms with Gasteiger partial charge in [0.1, 0.15) is 0 Å². The lowest BCUT2D eigenvalue weighted by molar-refractivity contribution is 0.0594. The molecule has 0 spiro atoms. The Morgan fingerprint density at radius 3 is 1.00 bits per heavy atom. The van der Waals surface area contributed by atoms with Crippen LogP contribution in [0.2, 0.25) is 0 Å². The van der Waals surface area contributed by atoms with E-state index in [1.165, 1.54) is 21.3 Å². The van der Waals surface area contributed by atoms with Gasteiger partial charge in [-0.3, -0.25) is 0 Å². The fourth-order valence-corrected chi connectivity index (χ4v) is 3.24. The molecule has 0 atom stereocenters. The second kappa shape index (κ2) is 12.0. The largest absolute Gasteiger partial charge is 0.465 e. The van der Waals surface area contributed by atoms with Gasteiger partial charge in [0, 0.05) is 0 Å². The Labute approximate surface area is 193 Å². The lowest BCUT2D eigenvalue weighted by Crippen LogP contribution is -2.20. The minimum absolute atomic E-state index is 0.254. The van der Waals surface area contributed by atoms with E-state index in [-0.39, 0.29) is 16.7 Å². The van der Waals surface area contributed by atoms with Gasteiger partial charge < -0.3 is 19.1 Å². The molecule has 0 radical (unpaired) electrons. The molecule has 0 unspecified atom stereocenters. The molecule has 0 aromatic heterocycles. The quantitative estimate of drug-likeness (QED) is 0.361. The molecule has 3 aromatic rings. The molecule has 0 heterocycles. The number of anilines is 3. The van der Waals surface area contributed by atoms with Gasteiger partial charge in [0.05, 0.1) is 55.1 Å². The summed E-state index contributed by atoms with van der Waals surface area (Å²) in [7, 11) is 3.86. The number of hydrogen-bond donors (Lipinski definition) is 0. The lowest BCUT2D eigenvalue weighted by atomic mass is 10.0. The molecule has 0 N–H and O–H groups in total. The van der Waals surface area contributed by atoms with Crippen LogP contribution in [0.15, 0.2) is 72.8 Å². The number of methoxy groups -OCH3 is 3. The minimum Gasteiger partial charge on any atom is -0.465 e. The molecule has 0 aliphatic carbocycles. The van der Waals surface area contributed by atoms with Crippen molar-refractivity contribution in [2.45, 2.75) is 13.8 Å². The zero-order valence-corrected chi connectivity index (χ0v) is 19.3. The van der Waals surface area contributed by atoms with Gasteiger partial charge in [-0.1, -0.05) is 50.2 Å². The van der Waals surface area contributed by atoms with Crippen LogP contribution in [0.1, 0.15) is 44.9 Å². The van der Waals surface area contributed by atoms with Gasteiger partial charge in [-0.15, -0.1) is 0 Å². The smallest absolute Gasteiger partial charge is 0.339 e. The van der Waals surface area contributed by atoms with Crippen LogP contribution >= 0.6 is 0 Å². The summed E-state index contributed by atoms with van der Waals surface area (Å²) in [6, 6.07) is 20.3. The van der Waals surface area contributed by atoms with Crippen molar-refractivity contribution in [3.05, 3.63) is 89.5 Å². The summed E-state index contributed by atoms with van der Waals surface area (Å²) in [5.41, 5.74) is 2.02. The third-order valence-corrected chi connectivity index (χ3v) is 4.65. The maximum atomic E-state index is 12.5. The zero-order valence-electron chi connectivity index (χ0n) is 19.3. The third-order valence-electron chi connectivity index (χ3n) is 4.65. The highest BCUT2D eigenvalue weighted by molar-refractivity contribution is 6.06. The summed E-state index contributed by atoms with van der Waals surface area (Å²) < 4.78 is 14.8. The number of ether oxygens (including phenoxy) is 3. The first-order valence-electron chi connectivity index (χ1n) is 10.4. The van der Waals surface area contributed by atoms with Crippen molar-refractivity contribution < 1.29 is 28.6 Å². The maximum Gasteiger partial charge on any atom is 0.339 e. The van der Waals surface area contributed by atoms with E-state index < -0.39 is 17.9 Å². The van der Waals surface area contributed by atoms with Crippen molar-refractivity contribution in [2.24, 2.45) is 0 Å². The summed E-state index contributed by atoms with van der Waals surface area (Å²) >= 11 is 0. The van der Waals surface area contributed by atoms with E-state index in [1.807, 2.05) is 13.8 Å². The second-order valence-electron chi connectivity index (χ2n) is 6.36. The van der Waals surface area contributed by atoms with Gasteiger partial charge >= 0.3 is 17.9 Å². The van der Waals surface area contributed by atoms with E-state index in [2.05, 4.69) is 0 Å². The van der Waals surface area contributed by atoms with Crippen molar-refractivity contribution in [1.29, 1.82) is 0 Å². The van der Waals surface area contributed by atoms with Crippen LogP contribution in [0.25, 0.3) is 0 Å². The highest BCUT2D eigenvalue weighted by Crippen LogP contribution is 2.40. The number of hydrogen-bond acceptors (Lipinski definition) is 7. The van der Waals surface area contributed by atoms with Crippen molar-refractivity contribution in [3.8, 4) is 0 Å². The zero-order chi connectivity index (χ0) is 24.4. The Kier molecular flexibility index (Phi) is 9.17. The number of nitrogens with zero attached hydrogens (tertiary/aromatic N) is 1. The summed E-state index contributed by atoms with van der Waals surface area (Å²) in [6.45, 7) is 4.00. The highest BCUT2D eigenvalue weighted by atomic mass is 16.5. The molecule has 33 heavy (non-hydrogen) atoms. The second-order valence-corrected chi connectivity index (χ2v) is 6.36. The van der Waals surface area contributed by atoms with E-state index >= 15 is 0 Å². The molecule has 0 amide bonds. The predicted molar refractivity (Wildman–Crippen MR) is 126 cm³/mol. The van der Waals surface area contributed by atoms with E-state index in [1.54, 1.807) is 77.7 Å². The monoisotopic (exact) mass is 449 g/mol. The first-order chi connectivity index (χ1) is 16.0. The normalized spacial score (nSPS) is 9.73. The number of carbonyl (C=O) groups excluding carboxylic acids is 3. The molecule has 3 aromatic carbocycles. The maximum absolute atomic E-state index is 12.5. The van der Waals surface area contributed by atoms with E-state index in [9.17, 15) is 14.4 Å². The van der Waals surface area contributed by atoms with Crippen LogP contribution in [-0.2, 0) is 14.2 Å². The standard InChI is InChI=1S/C24H21NO6.C2H6/c1-29-22(26)16-10-4-7-13-19(16)25(20-14-8-5-11-17(20)23(27)30-2)21-15-9-6-12-18(21)24(28)31-3;1-2/h4-15H,1-3H3;1-2H3. The SMILES string of the molecule is CC.COC(=O)c1ccccc1N(c1ccccc1C(=O)OC)c1ccccc1C(=O)OC. The third kappa shape index (κ3) is 5.38. The van der Waals surface area contributed by atoms with Crippen molar-refractivity contribution >= 4 is 35.0 Å². The fourth-order valence-electron chi connectivity index (χ4n) is 3.24. The molecule has 0 fully saturated rings. The molecular weight excluding hydrogens is 422 g/mol. The van der Waals surface area contributed by atoms with Crippen molar-refractivity contribution in [2.75, 3.05) is 26.2 Å². The van der Waals surface area contributed by atoms with Crippen molar-refractivity contribution in [1.82, 2.24) is 0 Å². The summed E-state index contributed by atoms with van der Waals surface area (Å²) in [6.07, 6.45) is 0. The number of esters is 3. The molecule has 3 rings (SSSR count). The Hall–Kier alpha value is -4.13. The summed E-state index contributed by atoms with van der Waals surface area (Å²) in [5.74, 6) is -1.69. The molecule has 0 bridgehead atoms. The average molecular weight is 450 g/mol. The van der Waals surface area contributed by atoms with Crippen LogP contribution in [0, 0.1) is 0 Å². The van der Waals surface area contributed by atoms with Gasteiger partial charge in [0.25, 0.3) is 0 Å². The fraction of sp³-hybridized carbons (Fsp3) is 0.192. The average Bonchev–Trinajstić information content (AvgIpc) is 2.89. The molecule has 7 nitrogen and oxygen atoms in total. The first-order valence-corrected chi connectivity index (χ1v) is 10.4. The van der Waals surface area contributed by atoms with Crippen LogP contribution in [-0.4, -0.2) is 39.2 Å². The molecule has 0 saturated carbocycles. The van der Waals surface area contributed by atoms with Gasteiger partial charge in [-0.2, -0.15) is 0 Å². The number of para-hydroxylation sites is 3. The molecule has 7 heteroatoms. The van der Waals surface area contributed by atoms with Gasteiger partial charge in [0.15, 0.2) is 0 Å². The minimum atomic E-state index is -0.563. The van der Waals surface area contributed by atoms with E-state index in [0.29, 0.717) is 17.1 Å². The van der Waals surface area contributed by atoms with Crippen LogP contribution in [0.5, 0.6) is 0 Å². The van der Waals surface area contributed by atoms with E-state index in [0.717, 1.165) is 0 Å². The topological polar surface area (TPSA) is 82.1 Å². The Balaban J connectivity index is 0.00000187. The molecule has 172 valence electrons. The van der Waals surface area contributed by atoms with E-state index in [4.69, 9.17) is 14.2 Å². The Morgan fingerprint density at radius 2 is 0.758 bits per heavy atom. The van der Waals surface area contributed by atoms with Crippen molar-refractivity contribution in [3.63, 3.8) is 0 Å². The Morgan fingerprint density at radius 1 is 0.515 bits per heavy atom. The number of rotatable bonds is 6. The Bertz CT molecular complexity index is 984. The van der Waals surface area contributed by atoms with Crippen LogP contribution in [0.4, 0.5) is 17.1 Å². The van der Waals surface area contributed by atoms with Gasteiger partial charge in [-0.25, -0.2) is 14.4 Å². The van der Waals surface area contributed by atoms with Gasteiger partial charge in [-0.05, 0) is 36.4 Å². The molecular formula is C26H27NO6. The number of benzene rings is 3. The summed E-state index contributed by atoms with van der Waals surface area (Å²) in [5, 5.41) is 0. The van der Waals surface area contributed by atoms with Crippen LogP contribution in [0.3, 0.4) is 0 Å². The highest BCUT2D eigenvalue weighted by Gasteiger charge is 2.27.